The molecule has 0 aliphatic rings. The summed E-state index contributed by atoms with van der Waals surface area (Å²) in [7, 11) is 1.63. The standard InChI is InChI=1S/C25H24N6O2/c1-16(5-4-12-26-2)14-27-25(32)17-6-11-21-20(13-17)22-23(28-15-29-24(22)31-21)30-18-7-9-19(33-3)10-8-18/h4-13,15H,2,14H2,1,3H3,(H,27,32)(H2,28,29,30,31)/b12-4-,16-5+. The molecule has 0 saturated heterocycles. The molecule has 0 bridgehead atoms. The van der Waals surface area contributed by atoms with Crippen LogP contribution in [0.15, 0.2) is 77.7 Å². The highest BCUT2D eigenvalue weighted by Gasteiger charge is 2.14. The third-order valence-corrected chi connectivity index (χ3v) is 5.10. The van der Waals surface area contributed by atoms with Crippen molar-refractivity contribution >= 4 is 46.1 Å². The number of rotatable bonds is 8. The van der Waals surface area contributed by atoms with Crippen molar-refractivity contribution in [2.45, 2.75) is 6.92 Å². The highest BCUT2D eigenvalue weighted by Crippen LogP contribution is 2.31. The average molecular weight is 441 g/mol. The van der Waals surface area contributed by atoms with Gasteiger partial charge in [0.15, 0.2) is 0 Å². The van der Waals surface area contributed by atoms with E-state index in [1.54, 1.807) is 25.5 Å². The van der Waals surface area contributed by atoms with Crippen LogP contribution in [0.4, 0.5) is 11.5 Å². The van der Waals surface area contributed by atoms with Gasteiger partial charge in [0.1, 0.15) is 23.5 Å². The van der Waals surface area contributed by atoms with Crippen molar-refractivity contribution in [1.82, 2.24) is 20.3 Å². The molecule has 0 fully saturated rings. The maximum Gasteiger partial charge on any atom is 0.251 e. The number of benzene rings is 2. The molecule has 166 valence electrons. The first kappa shape index (κ1) is 21.8. The number of nitrogens with zero attached hydrogens (tertiary/aromatic N) is 3. The summed E-state index contributed by atoms with van der Waals surface area (Å²) in [6.45, 7) is 5.76. The predicted octanol–water partition coefficient (Wildman–Crippen LogP) is 4.75. The molecule has 0 aliphatic heterocycles. The van der Waals surface area contributed by atoms with Gasteiger partial charge in [-0.1, -0.05) is 11.6 Å². The minimum atomic E-state index is -0.161. The number of aromatic amines is 1. The molecule has 2 aromatic carbocycles. The molecule has 0 aliphatic carbocycles. The first-order valence-corrected chi connectivity index (χ1v) is 10.3. The Morgan fingerprint density at radius 3 is 2.79 bits per heavy atom. The summed E-state index contributed by atoms with van der Waals surface area (Å²) in [6.07, 6.45) is 6.76. The zero-order valence-electron chi connectivity index (χ0n) is 18.4. The van der Waals surface area contributed by atoms with Crippen LogP contribution in [0.1, 0.15) is 17.3 Å². The quantitative estimate of drug-likeness (QED) is 0.271. The van der Waals surface area contributed by atoms with Gasteiger partial charge in [-0.25, -0.2) is 9.97 Å². The number of carbonyl (C=O) groups is 1. The number of methoxy groups -OCH3 is 1. The van der Waals surface area contributed by atoms with Gasteiger partial charge in [0.25, 0.3) is 5.91 Å². The fourth-order valence-electron chi connectivity index (χ4n) is 3.42. The number of hydrogen-bond donors (Lipinski definition) is 3. The first-order chi connectivity index (χ1) is 16.1. The largest absolute Gasteiger partial charge is 0.497 e. The monoisotopic (exact) mass is 440 g/mol. The van der Waals surface area contributed by atoms with Crippen LogP contribution in [-0.2, 0) is 0 Å². The number of H-pyrrole nitrogens is 1. The van der Waals surface area contributed by atoms with Crippen LogP contribution in [-0.4, -0.2) is 41.2 Å². The van der Waals surface area contributed by atoms with Gasteiger partial charge in [0.05, 0.1) is 12.5 Å². The van der Waals surface area contributed by atoms with Gasteiger partial charge in [-0.3, -0.25) is 9.79 Å². The summed E-state index contributed by atoms with van der Waals surface area (Å²) in [5.74, 6) is 1.26. The number of fused-ring (bicyclic) bond motifs is 3. The van der Waals surface area contributed by atoms with Gasteiger partial charge in [-0.05, 0) is 62.2 Å². The molecule has 33 heavy (non-hydrogen) atoms. The lowest BCUT2D eigenvalue weighted by Crippen LogP contribution is -2.24. The van der Waals surface area contributed by atoms with E-state index in [1.807, 2.05) is 49.4 Å². The van der Waals surface area contributed by atoms with E-state index in [4.69, 9.17) is 4.74 Å². The number of hydrogen-bond acceptors (Lipinski definition) is 6. The van der Waals surface area contributed by atoms with Gasteiger partial charge < -0.3 is 20.4 Å². The number of nitrogens with one attached hydrogen (secondary N) is 3. The predicted molar refractivity (Wildman–Crippen MR) is 132 cm³/mol. The highest BCUT2D eigenvalue weighted by atomic mass is 16.5. The zero-order valence-corrected chi connectivity index (χ0v) is 18.4. The molecule has 3 N–H and O–H groups in total. The minimum Gasteiger partial charge on any atom is -0.497 e. The van der Waals surface area contributed by atoms with Gasteiger partial charge in [0, 0.05) is 34.9 Å². The van der Waals surface area contributed by atoms with E-state index in [0.29, 0.717) is 23.6 Å². The van der Waals surface area contributed by atoms with E-state index in [1.165, 1.54) is 6.33 Å². The third-order valence-electron chi connectivity index (χ3n) is 5.10. The second-order valence-corrected chi connectivity index (χ2v) is 7.40. The van der Waals surface area contributed by atoms with Crippen molar-refractivity contribution in [2.75, 3.05) is 19.0 Å². The van der Waals surface area contributed by atoms with Crippen molar-refractivity contribution in [3.05, 3.63) is 78.3 Å². The molecule has 0 atom stereocenters. The van der Waals surface area contributed by atoms with E-state index in [-0.39, 0.29) is 5.91 Å². The van der Waals surface area contributed by atoms with E-state index in [9.17, 15) is 4.79 Å². The molecule has 0 spiro atoms. The fraction of sp³-hybridized carbons (Fsp3) is 0.120. The minimum absolute atomic E-state index is 0.161. The average Bonchev–Trinajstić information content (AvgIpc) is 3.22. The van der Waals surface area contributed by atoms with Crippen molar-refractivity contribution < 1.29 is 9.53 Å². The topological polar surface area (TPSA) is 104 Å². The lowest BCUT2D eigenvalue weighted by Gasteiger charge is -2.08. The van der Waals surface area contributed by atoms with E-state index in [2.05, 4.69) is 37.3 Å². The Hall–Kier alpha value is -4.46. The van der Waals surface area contributed by atoms with Gasteiger partial charge in [0.2, 0.25) is 0 Å². The summed E-state index contributed by atoms with van der Waals surface area (Å²) >= 11 is 0. The fourth-order valence-corrected chi connectivity index (χ4v) is 3.42. The molecule has 0 radical (unpaired) electrons. The molecule has 0 unspecified atom stereocenters. The van der Waals surface area contributed by atoms with Gasteiger partial charge >= 0.3 is 0 Å². The number of allylic oxidation sites excluding steroid dienone is 2. The second-order valence-electron chi connectivity index (χ2n) is 7.40. The van der Waals surface area contributed by atoms with Crippen LogP contribution in [0, 0.1) is 0 Å². The summed E-state index contributed by atoms with van der Waals surface area (Å²) in [4.78, 5) is 28.5. The first-order valence-electron chi connectivity index (χ1n) is 10.3. The van der Waals surface area contributed by atoms with Crippen LogP contribution in [0.5, 0.6) is 5.75 Å². The second kappa shape index (κ2) is 9.78. The molecule has 2 aromatic heterocycles. The van der Waals surface area contributed by atoms with Crippen LogP contribution >= 0.6 is 0 Å². The molecule has 8 heteroatoms. The molecular weight excluding hydrogens is 416 g/mol. The molecule has 2 heterocycles. The van der Waals surface area contributed by atoms with Gasteiger partial charge in [-0.15, -0.1) is 0 Å². The van der Waals surface area contributed by atoms with Gasteiger partial charge in [-0.2, -0.15) is 0 Å². The SMILES string of the molecule is C=N/C=C\C=C(/C)CNC(=O)c1ccc2[nH]c3ncnc(Nc4ccc(OC)cc4)c3c2c1. The Labute approximate surface area is 191 Å². The Bertz CT molecular complexity index is 1370. The number of aliphatic imine (C=N–C) groups is 1. The zero-order chi connectivity index (χ0) is 23.2. The molecule has 8 nitrogen and oxygen atoms in total. The summed E-state index contributed by atoms with van der Waals surface area (Å²) in [5.41, 5.74) is 3.98. The third kappa shape index (κ3) is 4.90. The van der Waals surface area contributed by atoms with Crippen LogP contribution < -0.4 is 15.4 Å². The Balaban J connectivity index is 1.63. The Morgan fingerprint density at radius 1 is 1.21 bits per heavy atom. The van der Waals surface area contributed by atoms with Crippen LogP contribution in [0.25, 0.3) is 21.9 Å². The molecule has 4 rings (SSSR count). The highest BCUT2D eigenvalue weighted by molar-refractivity contribution is 6.13. The van der Waals surface area contributed by atoms with Crippen LogP contribution in [0.3, 0.4) is 0 Å². The molecular formula is C25H24N6O2. The molecule has 0 saturated carbocycles. The maximum atomic E-state index is 12.8. The normalized spacial score (nSPS) is 11.8. The maximum absolute atomic E-state index is 12.8. The summed E-state index contributed by atoms with van der Waals surface area (Å²) in [5, 5.41) is 7.95. The number of ether oxygens (including phenoxy) is 1. The number of carbonyl (C=O) groups excluding carboxylic acids is 1. The van der Waals surface area contributed by atoms with Crippen molar-refractivity contribution in [3.8, 4) is 5.75 Å². The molecule has 1 amide bonds. The van der Waals surface area contributed by atoms with E-state index >= 15 is 0 Å². The van der Waals surface area contributed by atoms with Crippen LogP contribution in [0.2, 0.25) is 0 Å². The summed E-state index contributed by atoms with van der Waals surface area (Å²) in [6, 6.07) is 13.1. The van der Waals surface area contributed by atoms with Crippen molar-refractivity contribution in [3.63, 3.8) is 0 Å². The molecule has 4 aromatic rings. The smallest absolute Gasteiger partial charge is 0.251 e. The number of anilines is 2. The van der Waals surface area contributed by atoms with E-state index < -0.39 is 0 Å². The summed E-state index contributed by atoms with van der Waals surface area (Å²) < 4.78 is 5.22. The lowest BCUT2D eigenvalue weighted by molar-refractivity contribution is 0.0957. The Kier molecular flexibility index (Phi) is 6.45. The lowest BCUT2D eigenvalue weighted by atomic mass is 10.1. The van der Waals surface area contributed by atoms with Crippen molar-refractivity contribution in [2.24, 2.45) is 4.99 Å². The Morgan fingerprint density at radius 2 is 2.03 bits per heavy atom. The number of aromatic nitrogens is 3. The van der Waals surface area contributed by atoms with Crippen molar-refractivity contribution in [1.29, 1.82) is 0 Å². The van der Waals surface area contributed by atoms with E-state index in [0.717, 1.165) is 33.3 Å². The number of amides is 1.